The van der Waals surface area contributed by atoms with E-state index in [4.69, 9.17) is 15.9 Å². The number of ketones is 1. The zero-order valence-corrected chi connectivity index (χ0v) is 8.21. The lowest BCUT2D eigenvalue weighted by Crippen LogP contribution is -2.13. The molecule has 0 fully saturated rings. The zero-order valence-electron chi connectivity index (χ0n) is 6.62. The summed E-state index contributed by atoms with van der Waals surface area (Å²) in [5, 5.41) is 18.3. The van der Waals surface area contributed by atoms with Crippen LogP contribution < -0.4 is 5.73 Å². The maximum absolute atomic E-state index is 11.1. The van der Waals surface area contributed by atoms with Gasteiger partial charge in [-0.3, -0.25) is 4.79 Å². The molecule has 0 saturated carbocycles. The second-order valence-corrected chi connectivity index (χ2v) is 3.31. The maximum atomic E-state index is 11.1. The van der Waals surface area contributed by atoms with E-state index < -0.39 is 0 Å². The predicted molar refractivity (Wildman–Crippen MR) is 50.9 cm³/mol. The molecule has 0 unspecified atom stereocenters. The van der Waals surface area contributed by atoms with E-state index in [2.05, 4.69) is 15.9 Å². The molecule has 0 spiro atoms. The lowest BCUT2D eigenvalue weighted by Gasteiger charge is -2.03. The van der Waals surface area contributed by atoms with Gasteiger partial charge < -0.3 is 15.9 Å². The van der Waals surface area contributed by atoms with Crippen molar-refractivity contribution in [3.63, 3.8) is 0 Å². The summed E-state index contributed by atoms with van der Waals surface area (Å²) in [5.74, 6) is -0.921. The van der Waals surface area contributed by atoms with E-state index in [1.54, 1.807) is 0 Å². The number of hydrogen-bond acceptors (Lipinski definition) is 4. The minimum atomic E-state index is -0.342. The van der Waals surface area contributed by atoms with Crippen LogP contribution in [0.2, 0.25) is 0 Å². The molecule has 0 aliphatic carbocycles. The topological polar surface area (TPSA) is 83.6 Å². The molecule has 0 heterocycles. The molecule has 0 aliphatic rings. The summed E-state index contributed by atoms with van der Waals surface area (Å²) in [7, 11) is 0. The first-order valence-corrected chi connectivity index (χ1v) is 4.30. The Morgan fingerprint density at radius 2 is 2.08 bits per heavy atom. The molecule has 70 valence electrons. The second kappa shape index (κ2) is 3.76. The molecule has 1 rings (SSSR count). The standard InChI is InChI=1S/C8H8BrNO3/c9-5-1-4(7(12)3-10)2-6(11)8(5)13/h1-2,11,13H,3,10H2. The van der Waals surface area contributed by atoms with Crippen LogP contribution in [-0.4, -0.2) is 22.5 Å². The minimum Gasteiger partial charge on any atom is -0.504 e. The van der Waals surface area contributed by atoms with E-state index in [0.29, 0.717) is 0 Å². The van der Waals surface area contributed by atoms with Crippen molar-refractivity contribution in [1.29, 1.82) is 0 Å². The average Bonchev–Trinajstić information content (AvgIpc) is 2.12. The van der Waals surface area contributed by atoms with Crippen LogP contribution in [0, 0.1) is 0 Å². The molecule has 0 radical (unpaired) electrons. The number of Topliss-reactive ketones (excluding diaryl/α,β-unsaturated/α-hetero) is 1. The number of carbonyl (C=O) groups is 1. The van der Waals surface area contributed by atoms with E-state index in [9.17, 15) is 4.79 Å². The lowest BCUT2D eigenvalue weighted by atomic mass is 10.1. The highest BCUT2D eigenvalue weighted by Crippen LogP contribution is 2.34. The number of halogens is 1. The highest BCUT2D eigenvalue weighted by Gasteiger charge is 2.10. The molecule has 0 atom stereocenters. The van der Waals surface area contributed by atoms with Crippen LogP contribution in [0.3, 0.4) is 0 Å². The number of phenolic OH excluding ortho intramolecular Hbond substituents is 2. The first-order valence-electron chi connectivity index (χ1n) is 3.51. The quantitative estimate of drug-likeness (QED) is 0.537. The number of nitrogens with two attached hydrogens (primary N) is 1. The van der Waals surface area contributed by atoms with Crippen molar-refractivity contribution in [2.24, 2.45) is 5.73 Å². The molecular weight excluding hydrogens is 238 g/mol. The number of benzene rings is 1. The number of hydrogen-bond donors (Lipinski definition) is 3. The highest BCUT2D eigenvalue weighted by atomic mass is 79.9. The summed E-state index contributed by atoms with van der Waals surface area (Å²) < 4.78 is 0.268. The van der Waals surface area contributed by atoms with Gasteiger partial charge in [-0.25, -0.2) is 0 Å². The van der Waals surface area contributed by atoms with E-state index >= 15 is 0 Å². The normalized spacial score (nSPS) is 10.0. The Bertz CT molecular complexity index is 328. The van der Waals surface area contributed by atoms with Crippen molar-refractivity contribution in [1.82, 2.24) is 0 Å². The van der Waals surface area contributed by atoms with Crippen LogP contribution >= 0.6 is 15.9 Å². The van der Waals surface area contributed by atoms with Gasteiger partial charge in [0.05, 0.1) is 11.0 Å². The summed E-state index contributed by atoms with van der Waals surface area (Å²) in [5.41, 5.74) is 5.40. The van der Waals surface area contributed by atoms with E-state index in [0.717, 1.165) is 0 Å². The van der Waals surface area contributed by atoms with Gasteiger partial charge in [0.15, 0.2) is 17.3 Å². The summed E-state index contributed by atoms with van der Waals surface area (Å²) in [4.78, 5) is 11.1. The van der Waals surface area contributed by atoms with Gasteiger partial charge in [0, 0.05) is 5.56 Å². The Hall–Kier alpha value is -1.07. The molecule has 0 amide bonds. The van der Waals surface area contributed by atoms with Gasteiger partial charge in [0.1, 0.15) is 0 Å². The van der Waals surface area contributed by atoms with Gasteiger partial charge in [-0.05, 0) is 28.1 Å². The van der Waals surface area contributed by atoms with E-state index in [-0.39, 0.29) is 33.9 Å². The van der Waals surface area contributed by atoms with Gasteiger partial charge in [-0.15, -0.1) is 0 Å². The zero-order chi connectivity index (χ0) is 10.0. The number of carbonyl (C=O) groups excluding carboxylic acids is 1. The van der Waals surface area contributed by atoms with Gasteiger partial charge >= 0.3 is 0 Å². The Kier molecular flexibility index (Phi) is 2.90. The maximum Gasteiger partial charge on any atom is 0.176 e. The van der Waals surface area contributed by atoms with E-state index in [1.807, 2.05) is 0 Å². The Morgan fingerprint density at radius 3 is 2.54 bits per heavy atom. The second-order valence-electron chi connectivity index (χ2n) is 2.45. The number of rotatable bonds is 2. The highest BCUT2D eigenvalue weighted by molar-refractivity contribution is 9.10. The largest absolute Gasteiger partial charge is 0.504 e. The number of phenols is 2. The van der Waals surface area contributed by atoms with Crippen LogP contribution in [0.4, 0.5) is 0 Å². The van der Waals surface area contributed by atoms with Crippen LogP contribution in [-0.2, 0) is 0 Å². The van der Waals surface area contributed by atoms with Crippen molar-refractivity contribution >= 4 is 21.7 Å². The van der Waals surface area contributed by atoms with Gasteiger partial charge in [0.25, 0.3) is 0 Å². The molecule has 1 aromatic rings. The van der Waals surface area contributed by atoms with Crippen molar-refractivity contribution in [3.05, 3.63) is 22.2 Å². The van der Waals surface area contributed by atoms with Crippen LogP contribution in [0.15, 0.2) is 16.6 Å². The molecular formula is C8H8BrNO3. The van der Waals surface area contributed by atoms with Crippen LogP contribution in [0.5, 0.6) is 11.5 Å². The fourth-order valence-corrected chi connectivity index (χ4v) is 1.31. The van der Waals surface area contributed by atoms with Crippen molar-refractivity contribution in [2.45, 2.75) is 0 Å². The van der Waals surface area contributed by atoms with Crippen LogP contribution in [0.1, 0.15) is 10.4 Å². The van der Waals surface area contributed by atoms with Crippen molar-refractivity contribution in [2.75, 3.05) is 6.54 Å². The molecule has 5 heteroatoms. The minimum absolute atomic E-state index is 0.128. The Morgan fingerprint density at radius 1 is 1.46 bits per heavy atom. The molecule has 0 saturated heterocycles. The first kappa shape index (κ1) is 10.0. The predicted octanol–water partition coefficient (Wildman–Crippen LogP) is 1.00. The monoisotopic (exact) mass is 245 g/mol. The fourth-order valence-electron chi connectivity index (χ4n) is 0.863. The lowest BCUT2D eigenvalue weighted by molar-refractivity contribution is 0.100. The number of aromatic hydroxyl groups is 2. The molecule has 4 nitrogen and oxygen atoms in total. The SMILES string of the molecule is NCC(=O)c1cc(O)c(O)c(Br)c1. The third-order valence-electron chi connectivity index (χ3n) is 1.55. The molecule has 0 bridgehead atoms. The van der Waals surface area contributed by atoms with Crippen molar-refractivity contribution in [3.8, 4) is 11.5 Å². The fraction of sp³-hybridized carbons (Fsp3) is 0.125. The molecule has 1 aromatic carbocycles. The van der Waals surface area contributed by atoms with Gasteiger partial charge in [0.2, 0.25) is 0 Å². The van der Waals surface area contributed by atoms with Crippen molar-refractivity contribution < 1.29 is 15.0 Å². The van der Waals surface area contributed by atoms with Gasteiger partial charge in [-0.2, -0.15) is 0 Å². The summed E-state index contributed by atoms with van der Waals surface area (Å²) >= 11 is 2.99. The van der Waals surface area contributed by atoms with Gasteiger partial charge in [-0.1, -0.05) is 0 Å². The summed E-state index contributed by atoms with van der Waals surface area (Å²) in [6, 6.07) is 2.58. The summed E-state index contributed by atoms with van der Waals surface area (Å²) in [6.45, 7) is -0.128. The Labute approximate surface area is 83.1 Å². The smallest absolute Gasteiger partial charge is 0.176 e. The van der Waals surface area contributed by atoms with Crippen LogP contribution in [0.25, 0.3) is 0 Å². The Balaban J connectivity index is 3.20. The molecule has 0 aromatic heterocycles. The third-order valence-corrected chi connectivity index (χ3v) is 2.16. The average molecular weight is 246 g/mol. The molecule has 0 aliphatic heterocycles. The third kappa shape index (κ3) is 1.99. The van der Waals surface area contributed by atoms with E-state index in [1.165, 1.54) is 12.1 Å². The summed E-state index contributed by atoms with van der Waals surface area (Å²) in [6.07, 6.45) is 0. The molecule has 13 heavy (non-hydrogen) atoms. The molecule has 4 N–H and O–H groups in total. The first-order chi connectivity index (χ1) is 6.06.